The lowest BCUT2D eigenvalue weighted by atomic mass is 10.2. The van der Waals surface area contributed by atoms with E-state index < -0.39 is 11.5 Å². The second-order valence-corrected chi connectivity index (χ2v) is 7.80. The SMILES string of the molecule is CCOC(=O)c1cnc(SCCc2ccccc2)n(CC(=O)N2CCCC2)c1=O. The summed E-state index contributed by atoms with van der Waals surface area (Å²) in [6.07, 6.45) is 4.00. The summed E-state index contributed by atoms with van der Waals surface area (Å²) in [6, 6.07) is 10.0. The van der Waals surface area contributed by atoms with Gasteiger partial charge in [0.25, 0.3) is 5.56 Å². The van der Waals surface area contributed by atoms with Crippen LogP contribution in [0.5, 0.6) is 0 Å². The molecule has 1 fully saturated rings. The Labute approximate surface area is 174 Å². The standard InChI is InChI=1S/C21H25N3O4S/c1-2-28-20(27)17-14-22-21(29-13-10-16-8-4-3-5-9-16)24(19(17)26)15-18(25)23-11-6-7-12-23/h3-5,8-9,14H,2,6-7,10-13,15H2,1H3. The third-order valence-corrected chi connectivity index (χ3v) is 5.72. The summed E-state index contributed by atoms with van der Waals surface area (Å²) >= 11 is 1.40. The number of hydrogen-bond acceptors (Lipinski definition) is 6. The third-order valence-electron chi connectivity index (χ3n) is 4.72. The van der Waals surface area contributed by atoms with E-state index in [4.69, 9.17) is 4.74 Å². The predicted molar refractivity (Wildman–Crippen MR) is 111 cm³/mol. The quantitative estimate of drug-likeness (QED) is 0.374. The second kappa shape index (κ2) is 10.2. The van der Waals surface area contributed by atoms with Crippen molar-refractivity contribution < 1.29 is 14.3 Å². The average Bonchev–Trinajstić information content (AvgIpc) is 3.26. The molecular weight excluding hydrogens is 390 g/mol. The number of aromatic nitrogens is 2. The zero-order valence-electron chi connectivity index (χ0n) is 16.5. The molecule has 0 unspecified atom stereocenters. The molecule has 154 valence electrons. The van der Waals surface area contributed by atoms with Crippen molar-refractivity contribution in [1.29, 1.82) is 0 Å². The van der Waals surface area contributed by atoms with E-state index in [2.05, 4.69) is 4.98 Å². The van der Waals surface area contributed by atoms with Crippen molar-refractivity contribution >= 4 is 23.6 Å². The molecule has 0 N–H and O–H groups in total. The van der Waals surface area contributed by atoms with E-state index in [1.54, 1.807) is 11.8 Å². The topological polar surface area (TPSA) is 81.5 Å². The van der Waals surface area contributed by atoms with Crippen molar-refractivity contribution in [3.05, 3.63) is 58.0 Å². The van der Waals surface area contributed by atoms with Crippen molar-refractivity contribution in [3.63, 3.8) is 0 Å². The number of aryl methyl sites for hydroxylation is 1. The molecule has 0 saturated carbocycles. The number of hydrogen-bond donors (Lipinski definition) is 0. The highest BCUT2D eigenvalue weighted by atomic mass is 32.2. The summed E-state index contributed by atoms with van der Waals surface area (Å²) in [5, 5.41) is 0.437. The van der Waals surface area contributed by atoms with Crippen molar-refractivity contribution in [2.24, 2.45) is 0 Å². The van der Waals surface area contributed by atoms with Gasteiger partial charge in [-0.3, -0.25) is 14.2 Å². The van der Waals surface area contributed by atoms with Crippen LogP contribution in [0.1, 0.15) is 35.7 Å². The summed E-state index contributed by atoms with van der Waals surface area (Å²) in [4.78, 5) is 43.7. The largest absolute Gasteiger partial charge is 0.462 e. The number of amides is 1. The maximum absolute atomic E-state index is 12.9. The first kappa shape index (κ1) is 21.1. The molecular formula is C21H25N3O4S. The molecule has 1 saturated heterocycles. The van der Waals surface area contributed by atoms with Crippen LogP contribution >= 0.6 is 11.8 Å². The summed E-state index contributed by atoms with van der Waals surface area (Å²) in [6.45, 7) is 3.13. The van der Waals surface area contributed by atoms with Gasteiger partial charge >= 0.3 is 5.97 Å². The Balaban J connectivity index is 1.81. The number of thioether (sulfide) groups is 1. The molecule has 1 aliphatic heterocycles. The van der Waals surface area contributed by atoms with Gasteiger partial charge in [0.05, 0.1) is 12.8 Å². The number of benzene rings is 1. The molecule has 0 aliphatic carbocycles. The van der Waals surface area contributed by atoms with Gasteiger partial charge in [-0.15, -0.1) is 0 Å². The van der Waals surface area contributed by atoms with Crippen LogP contribution in [0.2, 0.25) is 0 Å². The Morgan fingerprint density at radius 3 is 2.59 bits per heavy atom. The zero-order valence-corrected chi connectivity index (χ0v) is 17.3. The Morgan fingerprint density at radius 1 is 1.17 bits per heavy atom. The van der Waals surface area contributed by atoms with Crippen molar-refractivity contribution in [1.82, 2.24) is 14.5 Å². The van der Waals surface area contributed by atoms with Gasteiger partial charge in [0.1, 0.15) is 12.1 Å². The Bertz CT molecular complexity index is 908. The van der Waals surface area contributed by atoms with E-state index in [0.717, 1.165) is 19.3 Å². The van der Waals surface area contributed by atoms with Crippen molar-refractivity contribution in [2.75, 3.05) is 25.4 Å². The number of ether oxygens (including phenoxy) is 1. The first-order valence-corrected chi connectivity index (χ1v) is 10.8. The fourth-order valence-corrected chi connectivity index (χ4v) is 4.14. The number of esters is 1. The molecule has 1 aromatic heterocycles. The van der Waals surface area contributed by atoms with E-state index in [0.29, 0.717) is 24.0 Å². The Hall–Kier alpha value is -2.61. The predicted octanol–water partition coefficient (Wildman–Crippen LogP) is 2.38. The summed E-state index contributed by atoms with van der Waals surface area (Å²) < 4.78 is 6.26. The number of carbonyl (C=O) groups is 2. The summed E-state index contributed by atoms with van der Waals surface area (Å²) in [5.74, 6) is -0.141. The molecule has 0 spiro atoms. The van der Waals surface area contributed by atoms with Gasteiger partial charge in [0.2, 0.25) is 5.91 Å². The average molecular weight is 416 g/mol. The highest BCUT2D eigenvalue weighted by Gasteiger charge is 2.23. The smallest absolute Gasteiger partial charge is 0.345 e. The number of rotatable bonds is 8. The molecule has 1 aliphatic rings. The van der Waals surface area contributed by atoms with E-state index >= 15 is 0 Å². The van der Waals surface area contributed by atoms with E-state index in [1.165, 1.54) is 28.1 Å². The van der Waals surface area contributed by atoms with Crippen LogP contribution in [0.25, 0.3) is 0 Å². The molecule has 7 nitrogen and oxygen atoms in total. The molecule has 0 radical (unpaired) electrons. The van der Waals surface area contributed by atoms with Gasteiger partial charge in [0, 0.05) is 18.8 Å². The van der Waals surface area contributed by atoms with Gasteiger partial charge in [0.15, 0.2) is 5.16 Å². The minimum atomic E-state index is -0.715. The lowest BCUT2D eigenvalue weighted by molar-refractivity contribution is -0.131. The molecule has 0 atom stereocenters. The molecule has 0 bridgehead atoms. The maximum Gasteiger partial charge on any atom is 0.345 e. The van der Waals surface area contributed by atoms with Crippen LogP contribution in [0.15, 0.2) is 46.5 Å². The third kappa shape index (κ3) is 5.47. The lowest BCUT2D eigenvalue weighted by Crippen LogP contribution is -2.37. The van der Waals surface area contributed by atoms with Gasteiger partial charge in [-0.05, 0) is 31.7 Å². The monoisotopic (exact) mass is 415 g/mol. The van der Waals surface area contributed by atoms with Gasteiger partial charge in [-0.25, -0.2) is 9.78 Å². The van der Waals surface area contributed by atoms with Crippen LogP contribution in [0, 0.1) is 0 Å². The molecule has 2 heterocycles. The first-order valence-electron chi connectivity index (χ1n) is 9.81. The van der Waals surface area contributed by atoms with E-state index in [9.17, 15) is 14.4 Å². The zero-order chi connectivity index (χ0) is 20.6. The number of carbonyl (C=O) groups excluding carboxylic acids is 2. The molecule has 1 aromatic carbocycles. The van der Waals surface area contributed by atoms with Crippen LogP contribution in [0.3, 0.4) is 0 Å². The van der Waals surface area contributed by atoms with E-state index in [1.807, 2.05) is 30.3 Å². The van der Waals surface area contributed by atoms with Crippen molar-refractivity contribution in [3.8, 4) is 0 Å². The van der Waals surface area contributed by atoms with Gasteiger partial charge < -0.3 is 9.64 Å². The molecule has 2 aromatic rings. The minimum Gasteiger partial charge on any atom is -0.462 e. The normalized spacial score (nSPS) is 13.5. The molecule has 29 heavy (non-hydrogen) atoms. The highest BCUT2D eigenvalue weighted by molar-refractivity contribution is 7.99. The second-order valence-electron chi connectivity index (χ2n) is 6.74. The number of likely N-dealkylation sites (tertiary alicyclic amines) is 1. The fourth-order valence-electron chi connectivity index (χ4n) is 3.19. The van der Waals surface area contributed by atoms with Crippen LogP contribution in [0.4, 0.5) is 0 Å². The molecule has 1 amide bonds. The first-order chi connectivity index (χ1) is 14.1. The van der Waals surface area contributed by atoms with Gasteiger partial charge in [-0.2, -0.15) is 0 Å². The highest BCUT2D eigenvalue weighted by Crippen LogP contribution is 2.17. The summed E-state index contributed by atoms with van der Waals surface area (Å²) in [5.41, 5.74) is 0.506. The maximum atomic E-state index is 12.9. The lowest BCUT2D eigenvalue weighted by Gasteiger charge is -2.18. The van der Waals surface area contributed by atoms with Crippen LogP contribution < -0.4 is 5.56 Å². The van der Waals surface area contributed by atoms with Crippen LogP contribution in [-0.2, 0) is 22.5 Å². The Morgan fingerprint density at radius 2 is 1.90 bits per heavy atom. The van der Waals surface area contributed by atoms with Crippen LogP contribution in [-0.4, -0.2) is 51.8 Å². The van der Waals surface area contributed by atoms with E-state index in [-0.39, 0.29) is 24.6 Å². The minimum absolute atomic E-state index is 0.118. The summed E-state index contributed by atoms with van der Waals surface area (Å²) in [7, 11) is 0. The van der Waals surface area contributed by atoms with Crippen molar-refractivity contribution in [2.45, 2.75) is 37.9 Å². The number of nitrogens with zero attached hydrogens (tertiary/aromatic N) is 3. The Kier molecular flexibility index (Phi) is 7.46. The molecule has 3 rings (SSSR count). The molecule has 8 heteroatoms. The van der Waals surface area contributed by atoms with Gasteiger partial charge in [-0.1, -0.05) is 42.1 Å². The fraction of sp³-hybridized carbons (Fsp3) is 0.429.